The third-order valence-corrected chi connectivity index (χ3v) is 5.18. The molecule has 4 heteroatoms. The lowest BCUT2D eigenvalue weighted by Gasteiger charge is -2.36. The zero-order valence-electron chi connectivity index (χ0n) is 11.9. The maximum absolute atomic E-state index is 6.31. The molecule has 2 aliphatic carbocycles. The Kier molecular flexibility index (Phi) is 3.61. The van der Waals surface area contributed by atoms with Crippen molar-refractivity contribution in [3.63, 3.8) is 0 Å². The topological polar surface area (TPSA) is 64.9 Å². The highest BCUT2D eigenvalue weighted by molar-refractivity contribution is 5.11. The number of hydrogen-bond acceptors (Lipinski definition) is 4. The predicted molar refractivity (Wildman–Crippen MR) is 73.9 cm³/mol. The van der Waals surface area contributed by atoms with Crippen LogP contribution in [0.1, 0.15) is 82.3 Å². The molecule has 3 rings (SSSR count). The van der Waals surface area contributed by atoms with E-state index >= 15 is 0 Å². The Morgan fingerprint density at radius 3 is 2.58 bits per heavy atom. The fourth-order valence-electron chi connectivity index (χ4n) is 3.62. The maximum atomic E-state index is 6.31. The van der Waals surface area contributed by atoms with Crippen molar-refractivity contribution >= 4 is 0 Å². The summed E-state index contributed by atoms with van der Waals surface area (Å²) in [5.74, 6) is 2.21. The van der Waals surface area contributed by atoms with Crippen LogP contribution in [0.2, 0.25) is 0 Å². The average Bonchev–Trinajstić information content (AvgIpc) is 2.94. The Bertz CT molecular complexity index is 425. The first kappa shape index (κ1) is 13.1. The quantitative estimate of drug-likeness (QED) is 0.889. The third kappa shape index (κ3) is 2.42. The van der Waals surface area contributed by atoms with Gasteiger partial charge in [0.15, 0.2) is 5.82 Å². The van der Waals surface area contributed by atoms with E-state index in [-0.39, 0.29) is 11.5 Å². The van der Waals surface area contributed by atoms with Gasteiger partial charge >= 0.3 is 0 Å². The molecule has 1 heterocycles. The maximum Gasteiger partial charge on any atom is 0.234 e. The van der Waals surface area contributed by atoms with Crippen LogP contribution in [-0.2, 0) is 5.41 Å². The molecule has 2 fully saturated rings. The van der Waals surface area contributed by atoms with E-state index < -0.39 is 0 Å². The molecule has 2 atom stereocenters. The van der Waals surface area contributed by atoms with Gasteiger partial charge in [0.05, 0.1) is 5.41 Å². The number of aromatic nitrogens is 2. The smallest absolute Gasteiger partial charge is 0.234 e. The van der Waals surface area contributed by atoms with Crippen LogP contribution in [0.5, 0.6) is 0 Å². The van der Waals surface area contributed by atoms with Gasteiger partial charge in [-0.1, -0.05) is 37.3 Å². The molecule has 0 spiro atoms. The fraction of sp³-hybridized carbons (Fsp3) is 0.867. The molecule has 2 N–H and O–H groups in total. The Hall–Kier alpha value is -0.900. The van der Waals surface area contributed by atoms with E-state index in [1.165, 1.54) is 44.9 Å². The molecule has 0 radical (unpaired) electrons. The third-order valence-electron chi connectivity index (χ3n) is 5.18. The molecular formula is C15H25N3O. The molecule has 0 bridgehead atoms. The molecule has 4 nitrogen and oxygen atoms in total. The minimum Gasteiger partial charge on any atom is -0.339 e. The standard InChI is InChI=1S/C15H25N3O/c1-15(10-6-5-9-12(15)16)14-17-13(18-19-14)11-7-3-2-4-8-11/h11-12H,2-10,16H2,1H3. The first-order chi connectivity index (χ1) is 9.20. The summed E-state index contributed by atoms with van der Waals surface area (Å²) in [6, 6.07) is 0.154. The molecule has 19 heavy (non-hydrogen) atoms. The molecule has 2 saturated carbocycles. The van der Waals surface area contributed by atoms with Crippen LogP contribution in [0.4, 0.5) is 0 Å². The molecule has 0 saturated heterocycles. The van der Waals surface area contributed by atoms with Gasteiger partial charge in [-0.2, -0.15) is 4.98 Å². The van der Waals surface area contributed by atoms with E-state index in [0.717, 1.165) is 24.6 Å². The van der Waals surface area contributed by atoms with Gasteiger partial charge in [-0.25, -0.2) is 0 Å². The Labute approximate surface area is 115 Å². The highest BCUT2D eigenvalue weighted by atomic mass is 16.5. The van der Waals surface area contributed by atoms with Gasteiger partial charge in [-0.15, -0.1) is 0 Å². The van der Waals surface area contributed by atoms with Gasteiger partial charge in [0.2, 0.25) is 5.89 Å². The van der Waals surface area contributed by atoms with Crippen LogP contribution in [-0.4, -0.2) is 16.2 Å². The summed E-state index contributed by atoms with van der Waals surface area (Å²) in [6.07, 6.45) is 10.9. The van der Waals surface area contributed by atoms with Gasteiger partial charge < -0.3 is 10.3 Å². The van der Waals surface area contributed by atoms with E-state index in [0.29, 0.717) is 5.92 Å². The largest absolute Gasteiger partial charge is 0.339 e. The van der Waals surface area contributed by atoms with Crippen molar-refractivity contribution in [3.8, 4) is 0 Å². The van der Waals surface area contributed by atoms with Crippen LogP contribution in [0, 0.1) is 0 Å². The molecule has 1 aromatic rings. The van der Waals surface area contributed by atoms with Crippen molar-refractivity contribution in [2.45, 2.75) is 82.1 Å². The predicted octanol–water partition coefficient (Wildman–Crippen LogP) is 3.28. The van der Waals surface area contributed by atoms with Gasteiger partial charge in [0.25, 0.3) is 0 Å². The van der Waals surface area contributed by atoms with E-state index in [1.807, 2.05) is 0 Å². The van der Waals surface area contributed by atoms with Crippen LogP contribution in [0.15, 0.2) is 4.52 Å². The first-order valence-corrected chi connectivity index (χ1v) is 7.80. The summed E-state index contributed by atoms with van der Waals surface area (Å²) >= 11 is 0. The van der Waals surface area contributed by atoms with Crippen LogP contribution in [0.25, 0.3) is 0 Å². The lowest BCUT2D eigenvalue weighted by Crippen LogP contribution is -2.45. The molecular weight excluding hydrogens is 238 g/mol. The molecule has 106 valence electrons. The van der Waals surface area contributed by atoms with Crippen molar-refractivity contribution in [2.75, 3.05) is 0 Å². The molecule has 0 amide bonds. The molecule has 1 aromatic heterocycles. The number of hydrogen-bond donors (Lipinski definition) is 1. The second kappa shape index (κ2) is 5.23. The lowest BCUT2D eigenvalue weighted by atomic mass is 9.72. The zero-order chi connectivity index (χ0) is 13.3. The summed E-state index contributed by atoms with van der Waals surface area (Å²) in [5.41, 5.74) is 6.19. The highest BCUT2D eigenvalue weighted by Gasteiger charge is 2.41. The Morgan fingerprint density at radius 2 is 1.84 bits per heavy atom. The summed E-state index contributed by atoms with van der Waals surface area (Å²) in [5, 5.41) is 4.25. The number of nitrogens with zero attached hydrogens (tertiary/aromatic N) is 2. The molecule has 2 aliphatic rings. The van der Waals surface area contributed by atoms with E-state index in [1.54, 1.807) is 0 Å². The van der Waals surface area contributed by atoms with E-state index in [9.17, 15) is 0 Å². The summed E-state index contributed by atoms with van der Waals surface area (Å²) in [4.78, 5) is 4.72. The SMILES string of the molecule is CC1(c2nc(C3CCCCC3)no2)CCCCC1N. The molecule has 2 unspecified atom stereocenters. The first-order valence-electron chi connectivity index (χ1n) is 7.80. The second-order valence-electron chi connectivity index (χ2n) is 6.56. The minimum atomic E-state index is -0.113. The summed E-state index contributed by atoms with van der Waals surface area (Å²) in [6.45, 7) is 2.19. The van der Waals surface area contributed by atoms with Crippen LogP contribution >= 0.6 is 0 Å². The van der Waals surface area contributed by atoms with Crippen molar-refractivity contribution in [1.29, 1.82) is 0 Å². The molecule has 0 aliphatic heterocycles. The number of nitrogens with two attached hydrogens (primary N) is 1. The van der Waals surface area contributed by atoms with Gasteiger partial charge in [-0.05, 0) is 32.6 Å². The van der Waals surface area contributed by atoms with Gasteiger partial charge in [0.1, 0.15) is 0 Å². The average molecular weight is 263 g/mol. The van der Waals surface area contributed by atoms with Crippen molar-refractivity contribution in [2.24, 2.45) is 5.73 Å². The minimum absolute atomic E-state index is 0.113. The summed E-state index contributed by atoms with van der Waals surface area (Å²) in [7, 11) is 0. The summed E-state index contributed by atoms with van der Waals surface area (Å²) < 4.78 is 5.59. The Morgan fingerprint density at radius 1 is 1.11 bits per heavy atom. The van der Waals surface area contributed by atoms with Crippen molar-refractivity contribution in [3.05, 3.63) is 11.7 Å². The van der Waals surface area contributed by atoms with Crippen LogP contribution < -0.4 is 5.73 Å². The van der Waals surface area contributed by atoms with E-state index in [2.05, 4.69) is 12.1 Å². The van der Waals surface area contributed by atoms with Crippen molar-refractivity contribution in [1.82, 2.24) is 10.1 Å². The van der Waals surface area contributed by atoms with Crippen LogP contribution in [0.3, 0.4) is 0 Å². The van der Waals surface area contributed by atoms with E-state index in [4.69, 9.17) is 15.2 Å². The zero-order valence-corrected chi connectivity index (χ0v) is 11.9. The molecule has 0 aromatic carbocycles. The lowest BCUT2D eigenvalue weighted by molar-refractivity contribution is 0.202. The van der Waals surface area contributed by atoms with Crippen molar-refractivity contribution < 1.29 is 4.52 Å². The highest BCUT2D eigenvalue weighted by Crippen LogP contribution is 2.38. The monoisotopic (exact) mass is 263 g/mol. The van der Waals surface area contributed by atoms with Gasteiger partial charge in [0, 0.05) is 12.0 Å². The van der Waals surface area contributed by atoms with Gasteiger partial charge in [-0.3, -0.25) is 0 Å². The Balaban J connectivity index is 1.79. The second-order valence-corrected chi connectivity index (χ2v) is 6.56. The number of rotatable bonds is 2. The normalized spacial score (nSPS) is 33.5. The fourth-order valence-corrected chi connectivity index (χ4v) is 3.62.